The van der Waals surface area contributed by atoms with Crippen LogP contribution in [0.3, 0.4) is 0 Å². The average Bonchev–Trinajstić information content (AvgIpc) is 3.51. The fraction of sp³-hybridized carbons (Fsp3) is 0. The maximum Gasteiger partial charge on any atom is 0.0619 e. The van der Waals surface area contributed by atoms with Crippen molar-refractivity contribution in [2.24, 2.45) is 0 Å². The minimum atomic E-state index is 1.15. The van der Waals surface area contributed by atoms with E-state index >= 15 is 0 Å². The lowest BCUT2D eigenvalue weighted by molar-refractivity contribution is 1.17. The number of nitrogens with zero attached hydrogens (tertiary/aromatic N) is 3. The molecule has 0 bridgehead atoms. The van der Waals surface area contributed by atoms with Gasteiger partial charge in [0, 0.05) is 50.9 Å². The summed E-state index contributed by atoms with van der Waals surface area (Å²) < 4.78 is 4.76. The Morgan fingerprint density at radius 3 is 1.84 bits per heavy atom. The van der Waals surface area contributed by atoms with Crippen LogP contribution in [0.5, 0.6) is 0 Å². The fourth-order valence-corrected chi connectivity index (χ4v) is 6.07. The first-order valence-electron chi connectivity index (χ1n) is 12.9. The Balaban J connectivity index is 1.55. The molecule has 0 saturated heterocycles. The molecule has 0 fully saturated rings. The molecule has 0 aliphatic carbocycles. The molecule has 8 aromatic rings. The summed E-state index contributed by atoms with van der Waals surface area (Å²) in [4.78, 5) is 4.55. The smallest absolute Gasteiger partial charge is 0.0619 e. The van der Waals surface area contributed by atoms with Crippen molar-refractivity contribution < 1.29 is 0 Å². The second-order valence-corrected chi connectivity index (χ2v) is 9.65. The van der Waals surface area contributed by atoms with Crippen molar-refractivity contribution in [3.8, 4) is 22.5 Å². The van der Waals surface area contributed by atoms with Gasteiger partial charge in [0.25, 0.3) is 0 Å². The van der Waals surface area contributed by atoms with Crippen LogP contribution in [0.25, 0.3) is 66.1 Å². The zero-order chi connectivity index (χ0) is 25.1. The minimum Gasteiger partial charge on any atom is -0.309 e. The van der Waals surface area contributed by atoms with E-state index < -0.39 is 0 Å². The fourth-order valence-electron chi connectivity index (χ4n) is 6.07. The molecule has 5 aromatic carbocycles. The topological polar surface area (TPSA) is 22.8 Å². The van der Waals surface area contributed by atoms with Crippen molar-refractivity contribution in [3.63, 3.8) is 0 Å². The maximum atomic E-state index is 4.55. The second kappa shape index (κ2) is 8.19. The second-order valence-electron chi connectivity index (χ2n) is 9.65. The summed E-state index contributed by atoms with van der Waals surface area (Å²) in [6.07, 6.45) is 3.89. The van der Waals surface area contributed by atoms with Gasteiger partial charge in [0.2, 0.25) is 0 Å². The largest absolute Gasteiger partial charge is 0.309 e. The Kier molecular flexibility index (Phi) is 4.52. The van der Waals surface area contributed by atoms with Crippen LogP contribution in [0.2, 0.25) is 0 Å². The molecule has 0 unspecified atom stereocenters. The molecule has 38 heavy (non-hydrogen) atoms. The highest BCUT2D eigenvalue weighted by atomic mass is 15.0. The van der Waals surface area contributed by atoms with E-state index in [2.05, 4.69) is 142 Å². The first-order chi connectivity index (χ1) is 18.9. The highest BCUT2D eigenvalue weighted by Gasteiger charge is 2.20. The lowest BCUT2D eigenvalue weighted by Gasteiger charge is -2.13. The molecule has 0 atom stereocenters. The molecule has 3 aromatic heterocycles. The summed E-state index contributed by atoms with van der Waals surface area (Å²) in [5.74, 6) is 0. The molecular weight excluding hydrogens is 462 g/mol. The summed E-state index contributed by atoms with van der Waals surface area (Å²) >= 11 is 0. The predicted molar refractivity (Wildman–Crippen MR) is 158 cm³/mol. The number of benzene rings is 5. The van der Waals surface area contributed by atoms with E-state index in [1.165, 1.54) is 43.8 Å². The van der Waals surface area contributed by atoms with Gasteiger partial charge in [-0.25, -0.2) is 0 Å². The number of aromatic nitrogens is 3. The molecule has 3 heterocycles. The Bertz CT molecular complexity index is 2120. The molecule has 0 aliphatic heterocycles. The quantitative estimate of drug-likeness (QED) is 0.245. The van der Waals surface area contributed by atoms with Crippen LogP contribution in [0.4, 0.5) is 0 Å². The van der Waals surface area contributed by atoms with Gasteiger partial charge in [-0.15, -0.1) is 0 Å². The van der Waals surface area contributed by atoms with E-state index in [1.807, 2.05) is 12.4 Å². The SMILES string of the molecule is c1ccc(-n2c3ccncc3c3c(-c4cccc5c6ccccc6n(-c6ccccc6)c45)cccc32)cc1. The van der Waals surface area contributed by atoms with Crippen LogP contribution < -0.4 is 0 Å². The van der Waals surface area contributed by atoms with Gasteiger partial charge in [-0.3, -0.25) is 4.98 Å². The van der Waals surface area contributed by atoms with E-state index in [0.29, 0.717) is 0 Å². The van der Waals surface area contributed by atoms with Crippen LogP contribution in [0, 0.1) is 0 Å². The van der Waals surface area contributed by atoms with E-state index in [1.54, 1.807) is 0 Å². The molecule has 0 radical (unpaired) electrons. The van der Waals surface area contributed by atoms with Gasteiger partial charge >= 0.3 is 0 Å². The number of fused-ring (bicyclic) bond motifs is 6. The molecule has 0 spiro atoms. The number of pyridine rings is 1. The monoisotopic (exact) mass is 485 g/mol. The number of para-hydroxylation sites is 4. The Morgan fingerprint density at radius 2 is 1.03 bits per heavy atom. The van der Waals surface area contributed by atoms with Crippen LogP contribution in [0.15, 0.2) is 140 Å². The van der Waals surface area contributed by atoms with E-state index in [9.17, 15) is 0 Å². The lowest BCUT2D eigenvalue weighted by Crippen LogP contribution is -1.95. The normalized spacial score (nSPS) is 11.7. The van der Waals surface area contributed by atoms with E-state index in [4.69, 9.17) is 0 Å². The van der Waals surface area contributed by atoms with Crippen molar-refractivity contribution in [2.45, 2.75) is 0 Å². The lowest BCUT2D eigenvalue weighted by atomic mass is 9.97. The van der Waals surface area contributed by atoms with Gasteiger partial charge < -0.3 is 9.13 Å². The Labute approximate surface area is 219 Å². The van der Waals surface area contributed by atoms with Gasteiger partial charge in [-0.1, -0.05) is 84.9 Å². The third kappa shape index (κ3) is 2.93. The summed E-state index contributed by atoms with van der Waals surface area (Å²) in [7, 11) is 0. The van der Waals surface area contributed by atoms with Crippen molar-refractivity contribution >= 4 is 43.6 Å². The molecule has 3 heteroatoms. The number of hydrogen-bond donors (Lipinski definition) is 0. The van der Waals surface area contributed by atoms with Crippen LogP contribution in [0.1, 0.15) is 0 Å². The Hall–Kier alpha value is -5.15. The van der Waals surface area contributed by atoms with Crippen LogP contribution in [-0.2, 0) is 0 Å². The molecule has 3 nitrogen and oxygen atoms in total. The van der Waals surface area contributed by atoms with Gasteiger partial charge in [0.15, 0.2) is 0 Å². The zero-order valence-electron chi connectivity index (χ0n) is 20.6. The molecule has 0 aliphatic rings. The first kappa shape index (κ1) is 21.0. The molecule has 178 valence electrons. The highest BCUT2D eigenvalue weighted by molar-refractivity contribution is 6.20. The number of hydrogen-bond acceptors (Lipinski definition) is 1. The number of rotatable bonds is 3. The van der Waals surface area contributed by atoms with Crippen molar-refractivity contribution in [1.29, 1.82) is 0 Å². The third-order valence-corrected chi connectivity index (χ3v) is 7.61. The van der Waals surface area contributed by atoms with Gasteiger partial charge in [0.1, 0.15) is 0 Å². The van der Waals surface area contributed by atoms with Crippen molar-refractivity contribution in [1.82, 2.24) is 14.1 Å². The first-order valence-corrected chi connectivity index (χ1v) is 12.9. The molecule has 0 N–H and O–H groups in total. The van der Waals surface area contributed by atoms with Gasteiger partial charge in [-0.2, -0.15) is 0 Å². The highest BCUT2D eigenvalue weighted by Crippen LogP contribution is 2.43. The summed E-state index contributed by atoms with van der Waals surface area (Å²) in [6.45, 7) is 0. The molecular formula is C35H23N3. The van der Waals surface area contributed by atoms with Crippen LogP contribution >= 0.6 is 0 Å². The summed E-state index contributed by atoms with van der Waals surface area (Å²) in [5, 5.41) is 4.88. The molecule has 0 amide bonds. The van der Waals surface area contributed by atoms with Crippen molar-refractivity contribution in [3.05, 3.63) is 140 Å². The third-order valence-electron chi connectivity index (χ3n) is 7.61. The Morgan fingerprint density at radius 1 is 0.421 bits per heavy atom. The van der Waals surface area contributed by atoms with E-state index in [-0.39, 0.29) is 0 Å². The average molecular weight is 486 g/mol. The standard InChI is InChI=1S/C35H23N3/c1-3-11-24(12-4-1)37-32-21-22-36-23-30(32)34-27(16-10-20-33(34)37)29-18-9-17-28-26-15-7-8-19-31(26)38(35(28)29)25-13-5-2-6-14-25/h1-23H. The van der Waals surface area contributed by atoms with E-state index in [0.717, 1.165) is 22.3 Å². The molecule has 8 rings (SSSR count). The van der Waals surface area contributed by atoms with Crippen LogP contribution in [-0.4, -0.2) is 14.1 Å². The summed E-state index contributed by atoms with van der Waals surface area (Å²) in [5.41, 5.74) is 9.49. The van der Waals surface area contributed by atoms with Gasteiger partial charge in [-0.05, 0) is 48.0 Å². The predicted octanol–water partition coefficient (Wildman–Crippen LogP) is 8.94. The molecule has 0 saturated carbocycles. The van der Waals surface area contributed by atoms with Crippen molar-refractivity contribution in [2.75, 3.05) is 0 Å². The maximum absolute atomic E-state index is 4.55. The van der Waals surface area contributed by atoms with Gasteiger partial charge in [0.05, 0.1) is 22.1 Å². The zero-order valence-corrected chi connectivity index (χ0v) is 20.6. The summed E-state index contributed by atoms with van der Waals surface area (Å²) in [6, 6.07) is 45.4. The minimum absolute atomic E-state index is 1.15.